The molecule has 8 aromatic carbocycles. The lowest BCUT2D eigenvalue weighted by Crippen LogP contribution is -2.41. The molecule has 0 atom stereocenters. The number of alkyl halides is 11. The monoisotopic (exact) mass is 1870 g/mol. The highest BCUT2D eigenvalue weighted by atomic mass is 19.4. The van der Waals surface area contributed by atoms with Gasteiger partial charge >= 0.3 is 31.4 Å². The van der Waals surface area contributed by atoms with Crippen LogP contribution in [0.5, 0.6) is 11.5 Å². The van der Waals surface area contributed by atoms with Crippen LogP contribution in [0.25, 0.3) is 44.1 Å². The van der Waals surface area contributed by atoms with Crippen molar-refractivity contribution in [2.24, 2.45) is 0 Å². The maximum absolute atomic E-state index is 13.6. The molecule has 0 aliphatic carbocycles. The topological polar surface area (TPSA) is 405 Å². The number of morpholine rings is 3. The molecule has 0 saturated carbocycles. The second-order valence-corrected chi connectivity index (χ2v) is 29.5. The van der Waals surface area contributed by atoms with Gasteiger partial charge in [-0.1, -0.05) is 18.2 Å². The van der Waals surface area contributed by atoms with Gasteiger partial charge in [0.1, 0.15) is 43.7 Å². The van der Waals surface area contributed by atoms with Crippen LogP contribution in [0.4, 0.5) is 104 Å². The van der Waals surface area contributed by atoms with Crippen LogP contribution in [-0.2, 0) is 71.9 Å². The van der Waals surface area contributed by atoms with E-state index < -0.39 is 83.3 Å². The van der Waals surface area contributed by atoms with E-state index >= 15 is 0 Å². The number of hydrogen-bond donors (Lipinski definition) is 8. The van der Waals surface area contributed by atoms with E-state index in [0.717, 1.165) is 36.4 Å². The third kappa shape index (κ3) is 23.9. The van der Waals surface area contributed by atoms with Gasteiger partial charge in [-0.25, -0.2) is 29.1 Å². The molecule has 16 rings (SSSR count). The minimum atomic E-state index is -4.96. The maximum atomic E-state index is 13.6. The molecule has 4 fully saturated rings. The van der Waals surface area contributed by atoms with Crippen molar-refractivity contribution < 1.29 is 140 Å². The van der Waals surface area contributed by atoms with Crippen molar-refractivity contribution in [2.75, 3.05) is 140 Å². The molecule has 4 aliphatic heterocycles. The van der Waals surface area contributed by atoms with Gasteiger partial charge in [-0.3, -0.25) is 59.7 Å². The SMILES string of the molecule is O=C(Nc1nc2cc(N3CCOC3=O)ccc2n1CCCO)c1cccc(C(F)(F)F)c1.O=C(Nc1nc2cc(N3CCOCC3=O)ccc2n1CCCO)c1ccc(F)c(C(F)(F)F)c1.O=C(Nc1nc2cc(N3CCOCC3=O)ccc2n1CCCO)c1cccc(OC(F)(F)F)c1.O=C(Nc1nc2cc(N3CCOCC3=O)ccc2n1CCCO)c1cccc(OC(F)F)c1. The average molecular weight is 1870 g/mol. The summed E-state index contributed by atoms with van der Waals surface area (Å²) in [5, 5.41) is 47.4. The molecule has 46 heteroatoms. The van der Waals surface area contributed by atoms with Crippen molar-refractivity contribution in [1.29, 1.82) is 0 Å². The number of nitrogens with one attached hydrogen (secondary N) is 4. The summed E-state index contributed by atoms with van der Waals surface area (Å²) < 4.78 is 190. The number of amides is 8. The Kier molecular flexibility index (Phi) is 30.9. The molecule has 8 heterocycles. The molecule has 4 aromatic heterocycles. The zero-order valence-electron chi connectivity index (χ0n) is 69.8. The highest BCUT2D eigenvalue weighted by Crippen LogP contribution is 2.37. The fraction of sp³-hybridized carbons (Fsp3) is 0.310. The molecule has 8 N–H and O–H groups in total. The Labute approximate surface area is 744 Å². The van der Waals surface area contributed by atoms with E-state index in [1.165, 1.54) is 47.4 Å². The fourth-order valence-corrected chi connectivity index (χ4v) is 14.4. The second-order valence-electron chi connectivity index (χ2n) is 29.5. The van der Waals surface area contributed by atoms with Crippen LogP contribution in [-0.4, -0.2) is 218 Å². The number of halogens is 12. The van der Waals surface area contributed by atoms with E-state index in [-0.39, 0.29) is 123 Å². The van der Waals surface area contributed by atoms with E-state index in [4.69, 9.17) is 18.9 Å². The molecule has 702 valence electrons. The summed E-state index contributed by atoms with van der Waals surface area (Å²) in [5.74, 6) is -5.03. The third-order valence-corrected chi connectivity index (χ3v) is 20.6. The maximum Gasteiger partial charge on any atom is 0.573 e. The van der Waals surface area contributed by atoms with Gasteiger partial charge in [0.05, 0.1) is 81.6 Å². The minimum Gasteiger partial charge on any atom is -0.447 e. The molecule has 0 unspecified atom stereocenters. The van der Waals surface area contributed by atoms with E-state index in [0.29, 0.717) is 170 Å². The number of aliphatic hydroxyl groups is 4. The largest absolute Gasteiger partial charge is 0.573 e. The molecule has 0 radical (unpaired) electrons. The molecule has 8 amide bonds. The fourth-order valence-electron chi connectivity index (χ4n) is 14.4. The number of carbonyl (C=O) groups excluding carboxylic acids is 8. The van der Waals surface area contributed by atoms with Crippen molar-refractivity contribution in [3.63, 3.8) is 0 Å². The number of anilines is 8. The normalized spacial score (nSPS) is 14.4. The van der Waals surface area contributed by atoms with Crippen LogP contribution in [0.2, 0.25) is 0 Å². The zero-order valence-corrected chi connectivity index (χ0v) is 69.8. The molecule has 4 aliphatic rings. The number of carbonyl (C=O) groups is 8. The Morgan fingerprint density at radius 3 is 1.07 bits per heavy atom. The molecule has 133 heavy (non-hydrogen) atoms. The number of hydrogen-bond acceptors (Lipinski definition) is 22. The first kappa shape index (κ1) is 96.2. The van der Waals surface area contributed by atoms with Gasteiger partial charge in [-0.2, -0.15) is 35.1 Å². The van der Waals surface area contributed by atoms with Gasteiger partial charge < -0.3 is 81.8 Å². The summed E-state index contributed by atoms with van der Waals surface area (Å²) >= 11 is 0. The Hall–Kier alpha value is -14.3. The lowest BCUT2D eigenvalue weighted by atomic mass is 10.1. The van der Waals surface area contributed by atoms with E-state index in [2.05, 4.69) is 50.7 Å². The summed E-state index contributed by atoms with van der Waals surface area (Å²) in [7, 11) is 0. The van der Waals surface area contributed by atoms with Crippen LogP contribution >= 0.6 is 0 Å². The number of ether oxygens (including phenoxy) is 6. The summed E-state index contributed by atoms with van der Waals surface area (Å²) in [5.41, 5.74) is 4.01. The molecule has 0 bridgehead atoms. The van der Waals surface area contributed by atoms with Crippen molar-refractivity contribution in [3.05, 3.63) is 203 Å². The van der Waals surface area contributed by atoms with Crippen molar-refractivity contribution in [3.8, 4) is 11.5 Å². The number of aliphatic hydroxyl groups excluding tert-OH is 4. The average Bonchev–Trinajstić information content (AvgIpc) is 1.64. The van der Waals surface area contributed by atoms with E-state index in [1.807, 2.05) is 0 Å². The Morgan fingerprint density at radius 2 is 0.737 bits per heavy atom. The minimum absolute atomic E-state index is 0.0125. The van der Waals surface area contributed by atoms with Crippen LogP contribution < -0.4 is 50.3 Å². The standard InChI is InChI=1S/C22H20F4N4O4.C22H21F3N4O5.C22H22F2N4O5.C21H19F3N4O4/c23-16-4-2-13(10-15(16)22(24,25)26)20(33)28-21-27-17-11-14(29-7-9-34-12-19(29)32)3-5-18(17)30(21)6-1-8-31;23-22(24,25)34-16-4-1-3-14(11-16)20(32)27-21-26-17-12-15(28-8-10-33-13-19(28)31)5-6-18(17)29(21)7-2-9-30;23-21(24)33-16-4-1-3-14(11-16)20(31)26-22-25-17-12-15(27-8-10-32-13-19(27)30)5-6-18(17)28(22)7-2-9-29;22-21(23,24)14-4-1-3-13(11-14)18(30)26-19-25-16-12-15(27-8-10-32-20(27)31)5-6-17(16)28(19)7-2-9-29/h2-5,10-11,31H,1,6-9,12H2,(H,27,28,33);1,3-6,11-12,30H,2,7-10,13H2,(H,26,27,32);1,3-6,11-12,21,29H,2,7-10,13H2,(H,25,26,31);1,3-6,11-12,29H,2,7-10H2,(H,25,26,30). The third-order valence-electron chi connectivity index (χ3n) is 20.6. The first-order chi connectivity index (χ1) is 63.7. The van der Waals surface area contributed by atoms with Crippen LogP contribution in [0.15, 0.2) is 164 Å². The zero-order chi connectivity index (χ0) is 95.0. The number of cyclic esters (lactones) is 1. The van der Waals surface area contributed by atoms with Crippen LogP contribution in [0.3, 0.4) is 0 Å². The van der Waals surface area contributed by atoms with Crippen LogP contribution in [0.1, 0.15) is 78.2 Å². The molecular weight excluding hydrogens is 1790 g/mol. The van der Waals surface area contributed by atoms with E-state index in [1.54, 1.807) is 106 Å². The summed E-state index contributed by atoms with van der Waals surface area (Å²) in [6.45, 7) is 0.954. The number of rotatable bonds is 27. The highest BCUT2D eigenvalue weighted by Gasteiger charge is 2.37. The second kappa shape index (κ2) is 42.7. The van der Waals surface area contributed by atoms with Gasteiger partial charge in [0, 0.05) is 117 Å². The number of fused-ring (bicyclic) bond motifs is 4. The lowest BCUT2D eigenvalue weighted by Gasteiger charge is -2.26. The number of aromatic nitrogens is 8. The molecule has 4 saturated heterocycles. The smallest absolute Gasteiger partial charge is 0.447 e. The van der Waals surface area contributed by atoms with Crippen molar-refractivity contribution in [1.82, 2.24) is 38.2 Å². The molecule has 34 nitrogen and oxygen atoms in total. The number of nitrogens with zero attached hydrogens (tertiary/aromatic N) is 12. The van der Waals surface area contributed by atoms with Gasteiger partial charge in [0.2, 0.25) is 23.8 Å². The Morgan fingerprint density at radius 1 is 0.398 bits per heavy atom. The highest BCUT2D eigenvalue weighted by molar-refractivity contribution is 6.08. The number of benzene rings is 8. The molecule has 12 aromatic rings. The number of aryl methyl sites for hydroxylation is 4. The summed E-state index contributed by atoms with van der Waals surface area (Å²) in [4.78, 5) is 123. The quantitative estimate of drug-likeness (QED) is 0.0222. The molecular formula is C87H82F12N16O18. The molecule has 0 spiro atoms. The van der Waals surface area contributed by atoms with Gasteiger partial charge in [-0.05, 0) is 171 Å². The first-order valence-electron chi connectivity index (χ1n) is 40.9. The first-order valence-corrected chi connectivity index (χ1v) is 40.9. The summed E-state index contributed by atoms with van der Waals surface area (Å²) in [6.07, 6.45) is -13.4. The van der Waals surface area contributed by atoms with Gasteiger partial charge in [0.25, 0.3) is 41.4 Å². The van der Waals surface area contributed by atoms with Crippen molar-refractivity contribution in [2.45, 2.75) is 77.2 Å². The van der Waals surface area contributed by atoms with Crippen LogP contribution in [0, 0.1) is 5.82 Å². The summed E-state index contributed by atoms with van der Waals surface area (Å²) in [6, 6.07) is 36.9. The van der Waals surface area contributed by atoms with Gasteiger partial charge in [-0.15, -0.1) is 13.2 Å². The number of imidazole rings is 4. The van der Waals surface area contributed by atoms with E-state index in [9.17, 15) is 111 Å². The Balaban J connectivity index is 0.000000151. The predicted octanol–water partition coefficient (Wildman–Crippen LogP) is 12.4. The lowest BCUT2D eigenvalue weighted by molar-refractivity contribution is -0.274. The van der Waals surface area contributed by atoms with Gasteiger partial charge in [0.15, 0.2) is 0 Å². The Bertz CT molecular complexity index is 6280. The predicted molar refractivity (Wildman–Crippen MR) is 455 cm³/mol. The van der Waals surface area contributed by atoms with Crippen molar-refractivity contribution >= 4 is 138 Å².